The summed E-state index contributed by atoms with van der Waals surface area (Å²) >= 11 is 0. The van der Waals surface area contributed by atoms with Gasteiger partial charge in [0.05, 0.1) is 5.56 Å². The fourth-order valence-corrected chi connectivity index (χ4v) is 3.33. The van der Waals surface area contributed by atoms with E-state index in [1.165, 1.54) is 38.8 Å². The summed E-state index contributed by atoms with van der Waals surface area (Å²) in [7, 11) is 2.21. The van der Waals surface area contributed by atoms with Gasteiger partial charge < -0.3 is 9.80 Å². The van der Waals surface area contributed by atoms with Crippen LogP contribution in [-0.2, 0) is 0 Å². The normalized spacial score (nSPS) is 22.9. The van der Waals surface area contributed by atoms with Crippen molar-refractivity contribution in [3.8, 4) is 0 Å². The number of likely N-dealkylation sites (tertiary alicyclic amines) is 1. The van der Waals surface area contributed by atoms with Crippen LogP contribution in [0.5, 0.6) is 0 Å². The number of piperidine rings is 2. The van der Waals surface area contributed by atoms with Gasteiger partial charge in [-0.2, -0.15) is 0 Å². The van der Waals surface area contributed by atoms with Gasteiger partial charge in [-0.25, -0.2) is 9.97 Å². The van der Waals surface area contributed by atoms with E-state index in [0.29, 0.717) is 11.0 Å². The van der Waals surface area contributed by atoms with Crippen molar-refractivity contribution in [2.75, 3.05) is 38.1 Å². The zero-order chi connectivity index (χ0) is 14.0. The first-order chi connectivity index (χ1) is 9.71. The molecule has 0 aromatic carbocycles. The van der Waals surface area contributed by atoms with E-state index in [2.05, 4.69) is 26.8 Å². The topological polar surface area (TPSA) is 49.3 Å². The first-order valence-electron chi connectivity index (χ1n) is 7.42. The minimum absolute atomic E-state index is 0.539. The Hall–Kier alpha value is -1.49. The van der Waals surface area contributed by atoms with Gasteiger partial charge in [-0.05, 0) is 51.2 Å². The highest BCUT2D eigenvalue weighted by Gasteiger charge is 2.37. The van der Waals surface area contributed by atoms with Crippen molar-refractivity contribution in [2.24, 2.45) is 5.41 Å². The quantitative estimate of drug-likeness (QED) is 0.767. The third-order valence-electron chi connectivity index (χ3n) is 4.95. The number of nitrogens with zero attached hydrogens (tertiary/aromatic N) is 4. The van der Waals surface area contributed by atoms with E-state index in [0.717, 1.165) is 25.3 Å². The fourth-order valence-electron chi connectivity index (χ4n) is 3.33. The van der Waals surface area contributed by atoms with Gasteiger partial charge in [0, 0.05) is 25.5 Å². The number of carbonyl (C=O) groups excluding carboxylic acids is 1. The number of hydrogen-bond donors (Lipinski definition) is 0. The molecule has 0 radical (unpaired) electrons. The molecule has 2 aliphatic heterocycles. The van der Waals surface area contributed by atoms with Crippen LogP contribution < -0.4 is 4.90 Å². The lowest BCUT2D eigenvalue weighted by Crippen LogP contribution is -2.46. The first kappa shape index (κ1) is 13.5. The van der Waals surface area contributed by atoms with Crippen molar-refractivity contribution in [3.05, 3.63) is 18.0 Å². The van der Waals surface area contributed by atoms with Crippen LogP contribution in [0.1, 0.15) is 36.0 Å². The van der Waals surface area contributed by atoms with Crippen LogP contribution in [-0.4, -0.2) is 54.4 Å². The molecular formula is C15H22N4O. The number of anilines is 1. The van der Waals surface area contributed by atoms with Crippen LogP contribution in [0.4, 0.5) is 5.95 Å². The van der Waals surface area contributed by atoms with E-state index in [1.54, 1.807) is 12.4 Å². The minimum Gasteiger partial charge on any atom is -0.341 e. The standard InChI is InChI=1S/C15H22N4O/c1-18-6-2-15(3-7-18)4-8-19(9-5-15)14-16-10-13(12-20)11-17-14/h10-12H,2-9H2,1H3. The summed E-state index contributed by atoms with van der Waals surface area (Å²) in [5.74, 6) is 0.762. The molecule has 3 rings (SSSR count). The summed E-state index contributed by atoms with van der Waals surface area (Å²) in [5.41, 5.74) is 1.09. The SMILES string of the molecule is CN1CCC2(CC1)CCN(c1ncc(C=O)cn1)CC2. The molecule has 2 saturated heterocycles. The predicted molar refractivity (Wildman–Crippen MR) is 78.0 cm³/mol. The Morgan fingerprint density at radius 2 is 1.60 bits per heavy atom. The molecule has 0 aliphatic carbocycles. The van der Waals surface area contributed by atoms with Gasteiger partial charge in [0.1, 0.15) is 0 Å². The fraction of sp³-hybridized carbons (Fsp3) is 0.667. The van der Waals surface area contributed by atoms with Crippen LogP contribution in [0.25, 0.3) is 0 Å². The number of rotatable bonds is 2. The van der Waals surface area contributed by atoms with Crippen LogP contribution in [0.2, 0.25) is 0 Å². The highest BCUT2D eigenvalue weighted by atomic mass is 16.1. The van der Waals surface area contributed by atoms with Crippen molar-refractivity contribution in [1.82, 2.24) is 14.9 Å². The number of aldehydes is 1. The Morgan fingerprint density at radius 3 is 2.15 bits per heavy atom. The van der Waals surface area contributed by atoms with E-state index in [4.69, 9.17) is 0 Å². The highest BCUT2D eigenvalue weighted by molar-refractivity contribution is 5.73. The van der Waals surface area contributed by atoms with Gasteiger partial charge in [0.2, 0.25) is 5.95 Å². The summed E-state index contributed by atoms with van der Waals surface area (Å²) in [5, 5.41) is 0. The predicted octanol–water partition coefficient (Wildman–Crippen LogP) is 1.60. The van der Waals surface area contributed by atoms with Gasteiger partial charge in [0.15, 0.2) is 6.29 Å². The zero-order valence-electron chi connectivity index (χ0n) is 12.1. The van der Waals surface area contributed by atoms with E-state index >= 15 is 0 Å². The molecule has 0 N–H and O–H groups in total. The van der Waals surface area contributed by atoms with Crippen LogP contribution in [0.3, 0.4) is 0 Å². The summed E-state index contributed by atoms with van der Waals surface area (Å²) in [6, 6.07) is 0. The Labute approximate surface area is 120 Å². The Morgan fingerprint density at radius 1 is 1.05 bits per heavy atom. The Kier molecular flexibility index (Phi) is 3.70. The molecule has 2 fully saturated rings. The molecule has 0 amide bonds. The lowest BCUT2D eigenvalue weighted by Gasteiger charge is -2.46. The molecule has 0 atom stereocenters. The maximum absolute atomic E-state index is 10.6. The van der Waals surface area contributed by atoms with E-state index in [1.807, 2.05) is 0 Å². The maximum atomic E-state index is 10.6. The van der Waals surface area contributed by atoms with Crippen molar-refractivity contribution < 1.29 is 4.79 Å². The van der Waals surface area contributed by atoms with E-state index < -0.39 is 0 Å². The van der Waals surface area contributed by atoms with Crippen LogP contribution in [0.15, 0.2) is 12.4 Å². The molecule has 5 nitrogen and oxygen atoms in total. The number of carbonyl (C=O) groups is 1. The molecule has 0 bridgehead atoms. The molecule has 1 aromatic heterocycles. The summed E-state index contributed by atoms with van der Waals surface area (Å²) < 4.78 is 0. The van der Waals surface area contributed by atoms with Gasteiger partial charge in [-0.3, -0.25) is 4.79 Å². The number of hydrogen-bond acceptors (Lipinski definition) is 5. The van der Waals surface area contributed by atoms with E-state index in [9.17, 15) is 4.79 Å². The molecular weight excluding hydrogens is 252 g/mol. The molecule has 20 heavy (non-hydrogen) atoms. The summed E-state index contributed by atoms with van der Waals surface area (Å²) in [6.07, 6.45) is 9.11. The van der Waals surface area contributed by atoms with Gasteiger partial charge in [-0.1, -0.05) is 0 Å². The second kappa shape index (κ2) is 5.48. The number of aromatic nitrogens is 2. The van der Waals surface area contributed by atoms with Crippen molar-refractivity contribution in [1.29, 1.82) is 0 Å². The van der Waals surface area contributed by atoms with Crippen molar-refractivity contribution in [3.63, 3.8) is 0 Å². The third kappa shape index (κ3) is 2.68. The molecule has 108 valence electrons. The minimum atomic E-state index is 0.539. The third-order valence-corrected chi connectivity index (χ3v) is 4.95. The monoisotopic (exact) mass is 274 g/mol. The highest BCUT2D eigenvalue weighted by Crippen LogP contribution is 2.41. The molecule has 1 aromatic rings. The second-order valence-electron chi connectivity index (χ2n) is 6.22. The second-order valence-corrected chi connectivity index (χ2v) is 6.22. The summed E-state index contributed by atoms with van der Waals surface area (Å²) in [4.78, 5) is 23.9. The van der Waals surface area contributed by atoms with E-state index in [-0.39, 0.29) is 0 Å². The lowest BCUT2D eigenvalue weighted by molar-refractivity contribution is 0.0941. The zero-order valence-corrected chi connectivity index (χ0v) is 12.1. The Balaban J connectivity index is 1.61. The molecule has 2 aliphatic rings. The lowest BCUT2D eigenvalue weighted by atomic mass is 9.71. The molecule has 1 spiro atoms. The van der Waals surface area contributed by atoms with Crippen molar-refractivity contribution >= 4 is 12.2 Å². The van der Waals surface area contributed by atoms with Gasteiger partial charge >= 0.3 is 0 Å². The van der Waals surface area contributed by atoms with Crippen LogP contribution in [0, 0.1) is 5.41 Å². The smallest absolute Gasteiger partial charge is 0.225 e. The Bertz CT molecular complexity index is 455. The van der Waals surface area contributed by atoms with Gasteiger partial charge in [-0.15, -0.1) is 0 Å². The molecule has 0 saturated carbocycles. The molecule has 0 unspecified atom stereocenters. The van der Waals surface area contributed by atoms with Crippen LogP contribution >= 0.6 is 0 Å². The first-order valence-corrected chi connectivity index (χ1v) is 7.42. The van der Waals surface area contributed by atoms with Gasteiger partial charge in [0.25, 0.3) is 0 Å². The maximum Gasteiger partial charge on any atom is 0.225 e. The summed E-state index contributed by atoms with van der Waals surface area (Å²) in [6.45, 7) is 4.52. The van der Waals surface area contributed by atoms with Crippen molar-refractivity contribution in [2.45, 2.75) is 25.7 Å². The average molecular weight is 274 g/mol. The molecule has 3 heterocycles. The average Bonchev–Trinajstić information content (AvgIpc) is 2.52. The molecule has 5 heteroatoms. The largest absolute Gasteiger partial charge is 0.341 e.